The third-order valence-electron chi connectivity index (χ3n) is 1.88. The average Bonchev–Trinajstić information content (AvgIpc) is 1.82. The van der Waals surface area contributed by atoms with E-state index < -0.39 is 10.2 Å². The van der Waals surface area contributed by atoms with Crippen LogP contribution in [0.3, 0.4) is 0 Å². The van der Waals surface area contributed by atoms with Gasteiger partial charge in [-0.25, -0.2) is 4.72 Å². The van der Waals surface area contributed by atoms with Crippen LogP contribution in [0.1, 0.15) is 20.8 Å². The Morgan fingerprint density at radius 1 is 1.42 bits per heavy atom. The van der Waals surface area contributed by atoms with Crippen molar-refractivity contribution in [3.63, 3.8) is 0 Å². The van der Waals surface area contributed by atoms with Crippen molar-refractivity contribution in [2.24, 2.45) is 5.41 Å². The largest absolute Gasteiger partial charge is 0.279 e. The van der Waals surface area contributed by atoms with Crippen molar-refractivity contribution < 1.29 is 8.42 Å². The molecule has 0 unspecified atom stereocenters. The maximum absolute atomic E-state index is 11.3. The molecule has 1 aliphatic rings. The molecule has 0 saturated carbocycles. The van der Waals surface area contributed by atoms with Gasteiger partial charge >= 0.3 is 0 Å². The molecule has 0 aliphatic carbocycles. The second-order valence-corrected chi connectivity index (χ2v) is 5.69. The zero-order chi connectivity index (χ0) is 9.41. The smallest absolute Gasteiger partial charge is 0.202 e. The van der Waals surface area contributed by atoms with Crippen molar-refractivity contribution in [3.8, 4) is 0 Å². The van der Waals surface area contributed by atoms with Crippen molar-refractivity contribution >= 4 is 10.2 Å². The van der Waals surface area contributed by atoms with Crippen LogP contribution in [0.5, 0.6) is 0 Å². The maximum Gasteiger partial charge on any atom is 0.279 e. The molecular weight excluding hydrogens is 176 g/mol. The Morgan fingerprint density at radius 2 is 1.92 bits per heavy atom. The van der Waals surface area contributed by atoms with Gasteiger partial charge in [0.2, 0.25) is 0 Å². The van der Waals surface area contributed by atoms with Gasteiger partial charge in [0.25, 0.3) is 10.2 Å². The van der Waals surface area contributed by atoms with E-state index in [2.05, 4.69) is 18.6 Å². The molecular formula is C7H16N2O2S. The van der Waals surface area contributed by atoms with Gasteiger partial charge in [0, 0.05) is 19.6 Å². The third-order valence-corrected chi connectivity index (χ3v) is 3.47. The van der Waals surface area contributed by atoms with Crippen LogP contribution in [-0.2, 0) is 10.2 Å². The average molecular weight is 192 g/mol. The number of hydrogen-bond donors (Lipinski definition) is 1. The zero-order valence-corrected chi connectivity index (χ0v) is 8.61. The van der Waals surface area contributed by atoms with Gasteiger partial charge in [-0.3, -0.25) is 0 Å². The Balaban J connectivity index is 2.53. The summed E-state index contributed by atoms with van der Waals surface area (Å²) in [6, 6.07) is 0. The SMILES string of the molecule is CCNS(=O)(=O)N1CC(C)(C)C1. The summed E-state index contributed by atoms with van der Waals surface area (Å²) >= 11 is 0. The van der Waals surface area contributed by atoms with Gasteiger partial charge in [-0.15, -0.1) is 0 Å². The lowest BCUT2D eigenvalue weighted by Crippen LogP contribution is -2.58. The molecule has 1 saturated heterocycles. The first-order valence-corrected chi connectivity index (χ1v) is 5.56. The van der Waals surface area contributed by atoms with E-state index in [0.717, 1.165) is 0 Å². The Kier molecular flexibility index (Phi) is 2.47. The number of nitrogens with one attached hydrogen (secondary N) is 1. The quantitative estimate of drug-likeness (QED) is 0.693. The summed E-state index contributed by atoms with van der Waals surface area (Å²) in [4.78, 5) is 0. The summed E-state index contributed by atoms with van der Waals surface area (Å²) in [6.07, 6.45) is 0. The molecule has 0 radical (unpaired) electrons. The second-order valence-electron chi connectivity index (χ2n) is 3.94. The first-order chi connectivity index (χ1) is 5.37. The van der Waals surface area contributed by atoms with Crippen molar-refractivity contribution in [1.82, 2.24) is 9.03 Å². The van der Waals surface area contributed by atoms with E-state index in [1.54, 1.807) is 6.92 Å². The fourth-order valence-electron chi connectivity index (χ4n) is 1.35. The van der Waals surface area contributed by atoms with E-state index in [1.165, 1.54) is 4.31 Å². The van der Waals surface area contributed by atoms with Gasteiger partial charge in [-0.05, 0) is 5.41 Å². The lowest BCUT2D eigenvalue weighted by molar-refractivity contribution is 0.110. The predicted molar refractivity (Wildman–Crippen MR) is 48.0 cm³/mol. The lowest BCUT2D eigenvalue weighted by atomic mass is 9.87. The van der Waals surface area contributed by atoms with Gasteiger partial charge in [0.05, 0.1) is 0 Å². The van der Waals surface area contributed by atoms with Crippen molar-refractivity contribution in [2.75, 3.05) is 19.6 Å². The molecule has 0 aromatic carbocycles. The first-order valence-electron chi connectivity index (χ1n) is 4.12. The highest BCUT2D eigenvalue weighted by molar-refractivity contribution is 7.87. The number of hydrogen-bond acceptors (Lipinski definition) is 2. The second kappa shape index (κ2) is 2.97. The highest BCUT2D eigenvalue weighted by Crippen LogP contribution is 2.30. The molecule has 5 heteroatoms. The van der Waals surface area contributed by atoms with Crippen LogP contribution in [0.25, 0.3) is 0 Å². The molecule has 1 rings (SSSR count). The number of nitrogens with zero attached hydrogens (tertiary/aromatic N) is 1. The van der Waals surface area contributed by atoms with Crippen molar-refractivity contribution in [1.29, 1.82) is 0 Å². The first kappa shape index (κ1) is 9.95. The molecule has 4 nitrogen and oxygen atoms in total. The number of rotatable bonds is 3. The standard InChI is InChI=1S/C7H16N2O2S/c1-4-8-12(10,11)9-5-7(2,3)6-9/h8H,4-6H2,1-3H3. The highest BCUT2D eigenvalue weighted by atomic mass is 32.2. The zero-order valence-electron chi connectivity index (χ0n) is 7.79. The van der Waals surface area contributed by atoms with E-state index >= 15 is 0 Å². The molecule has 0 atom stereocenters. The molecule has 1 fully saturated rings. The van der Waals surface area contributed by atoms with E-state index in [-0.39, 0.29) is 5.41 Å². The van der Waals surface area contributed by atoms with Gasteiger partial charge in [0.15, 0.2) is 0 Å². The third kappa shape index (κ3) is 1.97. The normalized spacial score (nSPS) is 23.6. The molecule has 1 N–H and O–H groups in total. The Hall–Kier alpha value is -0.130. The van der Waals surface area contributed by atoms with Crippen molar-refractivity contribution in [3.05, 3.63) is 0 Å². The van der Waals surface area contributed by atoms with Crippen LogP contribution in [0.2, 0.25) is 0 Å². The summed E-state index contributed by atoms with van der Waals surface area (Å²) in [7, 11) is -3.16. The molecule has 0 bridgehead atoms. The fraction of sp³-hybridized carbons (Fsp3) is 1.00. The fourth-order valence-corrected chi connectivity index (χ4v) is 2.94. The van der Waals surface area contributed by atoms with Crippen molar-refractivity contribution in [2.45, 2.75) is 20.8 Å². The van der Waals surface area contributed by atoms with E-state index in [0.29, 0.717) is 19.6 Å². The summed E-state index contributed by atoms with van der Waals surface area (Å²) in [6.45, 7) is 7.61. The summed E-state index contributed by atoms with van der Waals surface area (Å²) < 4.78 is 26.6. The van der Waals surface area contributed by atoms with E-state index in [4.69, 9.17) is 0 Å². The van der Waals surface area contributed by atoms with Crippen LogP contribution in [0, 0.1) is 5.41 Å². The van der Waals surface area contributed by atoms with Gasteiger partial charge in [-0.2, -0.15) is 12.7 Å². The molecule has 1 aliphatic heterocycles. The Bertz CT molecular complexity index is 251. The Morgan fingerprint density at radius 3 is 2.25 bits per heavy atom. The predicted octanol–water partition coefficient (Wildman–Crippen LogP) is 0.182. The topological polar surface area (TPSA) is 49.4 Å². The lowest BCUT2D eigenvalue weighted by Gasteiger charge is -2.44. The summed E-state index contributed by atoms with van der Waals surface area (Å²) in [5.41, 5.74) is 0.155. The van der Waals surface area contributed by atoms with E-state index in [1.807, 2.05) is 0 Å². The van der Waals surface area contributed by atoms with Crippen LogP contribution in [-0.4, -0.2) is 32.4 Å². The summed E-state index contributed by atoms with van der Waals surface area (Å²) in [5, 5.41) is 0. The van der Waals surface area contributed by atoms with Crippen LogP contribution in [0.15, 0.2) is 0 Å². The van der Waals surface area contributed by atoms with Crippen LogP contribution in [0.4, 0.5) is 0 Å². The van der Waals surface area contributed by atoms with Gasteiger partial charge in [-0.1, -0.05) is 20.8 Å². The summed E-state index contributed by atoms with van der Waals surface area (Å²) in [5.74, 6) is 0. The minimum absolute atomic E-state index is 0.155. The van der Waals surface area contributed by atoms with Gasteiger partial charge < -0.3 is 0 Å². The van der Waals surface area contributed by atoms with E-state index in [9.17, 15) is 8.42 Å². The minimum Gasteiger partial charge on any atom is -0.202 e. The van der Waals surface area contributed by atoms with Crippen LogP contribution >= 0.6 is 0 Å². The monoisotopic (exact) mass is 192 g/mol. The Labute approximate surface area is 74.1 Å². The van der Waals surface area contributed by atoms with Crippen LogP contribution < -0.4 is 4.72 Å². The van der Waals surface area contributed by atoms with Gasteiger partial charge in [0.1, 0.15) is 0 Å². The molecule has 0 spiro atoms. The minimum atomic E-state index is -3.16. The molecule has 0 aromatic rings. The highest BCUT2D eigenvalue weighted by Gasteiger charge is 2.40. The molecule has 1 heterocycles. The molecule has 0 amide bonds. The molecule has 12 heavy (non-hydrogen) atoms. The molecule has 0 aromatic heterocycles. The maximum atomic E-state index is 11.3. The molecule has 72 valence electrons.